The standard InChI is InChI=1S/C7H14I/c1-3-5-7(8)6-4-2/h3,7H,4-6H2,1-2H3. The smallest absolute Gasteiger partial charge is 0.0112 e. The van der Waals surface area contributed by atoms with Crippen molar-refractivity contribution in [2.45, 2.75) is 37.0 Å². The van der Waals surface area contributed by atoms with Gasteiger partial charge in [-0.3, -0.25) is 0 Å². The van der Waals surface area contributed by atoms with Gasteiger partial charge in [-0.1, -0.05) is 42.9 Å². The molecule has 1 atom stereocenters. The van der Waals surface area contributed by atoms with Gasteiger partial charge < -0.3 is 0 Å². The number of rotatable bonds is 4. The topological polar surface area (TPSA) is 0 Å². The molecule has 8 heavy (non-hydrogen) atoms. The van der Waals surface area contributed by atoms with E-state index in [1.807, 2.05) is 0 Å². The van der Waals surface area contributed by atoms with E-state index in [9.17, 15) is 0 Å². The fraction of sp³-hybridized carbons (Fsp3) is 0.857. The molecule has 0 fully saturated rings. The lowest BCUT2D eigenvalue weighted by Crippen LogP contribution is -1.94. The summed E-state index contributed by atoms with van der Waals surface area (Å²) in [5, 5.41) is 0. The minimum absolute atomic E-state index is 0.877. The Kier molecular flexibility index (Phi) is 6.39. The van der Waals surface area contributed by atoms with Gasteiger partial charge in [-0.15, -0.1) is 0 Å². The maximum Gasteiger partial charge on any atom is 0.0112 e. The van der Waals surface area contributed by atoms with Crippen LogP contribution in [0.1, 0.15) is 33.1 Å². The van der Waals surface area contributed by atoms with Crippen molar-refractivity contribution in [1.82, 2.24) is 0 Å². The molecular formula is C7H14I. The van der Waals surface area contributed by atoms with Crippen molar-refractivity contribution in [1.29, 1.82) is 0 Å². The van der Waals surface area contributed by atoms with Crippen molar-refractivity contribution in [3.63, 3.8) is 0 Å². The van der Waals surface area contributed by atoms with E-state index >= 15 is 0 Å². The molecule has 0 spiro atoms. The molecule has 0 aliphatic rings. The van der Waals surface area contributed by atoms with Crippen LogP contribution < -0.4 is 0 Å². The first-order valence-electron chi connectivity index (χ1n) is 3.23. The van der Waals surface area contributed by atoms with Crippen molar-refractivity contribution in [3.8, 4) is 0 Å². The Bertz CT molecular complexity index is 37.7. The lowest BCUT2D eigenvalue weighted by atomic mass is 10.2. The molecule has 1 heteroatoms. The fourth-order valence-corrected chi connectivity index (χ4v) is 1.82. The zero-order valence-electron chi connectivity index (χ0n) is 5.65. The highest BCUT2D eigenvalue weighted by Gasteiger charge is 1.98. The van der Waals surface area contributed by atoms with Gasteiger partial charge in [0.2, 0.25) is 0 Å². The Morgan fingerprint density at radius 2 is 2.25 bits per heavy atom. The third kappa shape index (κ3) is 4.88. The molecule has 0 aromatic heterocycles. The first-order valence-corrected chi connectivity index (χ1v) is 4.47. The largest absolute Gasteiger partial charge is 0.0826 e. The van der Waals surface area contributed by atoms with Crippen LogP contribution in [-0.4, -0.2) is 3.92 Å². The molecule has 0 amide bonds. The zero-order chi connectivity index (χ0) is 6.41. The second-order valence-corrected chi connectivity index (χ2v) is 3.79. The molecule has 0 aromatic rings. The normalized spacial score (nSPS) is 10.5. The van der Waals surface area contributed by atoms with Gasteiger partial charge in [-0.2, -0.15) is 0 Å². The molecule has 0 saturated heterocycles. The fourth-order valence-electron chi connectivity index (χ4n) is 0.687. The molecule has 0 saturated carbocycles. The number of hydrogen-bond acceptors (Lipinski definition) is 0. The number of alkyl halides is 1. The molecule has 1 unspecified atom stereocenters. The first kappa shape index (κ1) is 8.73. The molecule has 0 aliphatic carbocycles. The quantitative estimate of drug-likeness (QED) is 0.509. The first-order chi connectivity index (χ1) is 3.81. The van der Waals surface area contributed by atoms with Crippen LogP contribution in [0.5, 0.6) is 0 Å². The highest BCUT2D eigenvalue weighted by atomic mass is 127. The molecule has 0 bridgehead atoms. The van der Waals surface area contributed by atoms with Crippen LogP contribution in [0.2, 0.25) is 0 Å². The van der Waals surface area contributed by atoms with Gasteiger partial charge in [0.05, 0.1) is 0 Å². The Morgan fingerprint density at radius 3 is 2.62 bits per heavy atom. The van der Waals surface area contributed by atoms with E-state index in [1.165, 1.54) is 19.3 Å². The summed E-state index contributed by atoms with van der Waals surface area (Å²) in [5.41, 5.74) is 0. The van der Waals surface area contributed by atoms with Crippen LogP contribution in [0.15, 0.2) is 0 Å². The van der Waals surface area contributed by atoms with Crippen molar-refractivity contribution in [2.24, 2.45) is 0 Å². The summed E-state index contributed by atoms with van der Waals surface area (Å²) in [7, 11) is 0. The van der Waals surface area contributed by atoms with E-state index < -0.39 is 0 Å². The Hall–Kier alpha value is 0.730. The average Bonchev–Trinajstić information content (AvgIpc) is 1.68. The molecule has 1 radical (unpaired) electrons. The molecule has 0 nitrogen and oxygen atoms in total. The summed E-state index contributed by atoms with van der Waals surface area (Å²) in [5.74, 6) is 0. The van der Waals surface area contributed by atoms with Gasteiger partial charge in [0.25, 0.3) is 0 Å². The lowest BCUT2D eigenvalue weighted by Gasteiger charge is -2.03. The molecule has 0 rings (SSSR count). The van der Waals surface area contributed by atoms with E-state index in [4.69, 9.17) is 0 Å². The van der Waals surface area contributed by atoms with Crippen molar-refractivity contribution < 1.29 is 0 Å². The van der Waals surface area contributed by atoms with Gasteiger partial charge in [0.15, 0.2) is 0 Å². The van der Waals surface area contributed by atoms with Crippen LogP contribution in [0.4, 0.5) is 0 Å². The predicted octanol–water partition coefficient (Wildman–Crippen LogP) is 3.20. The summed E-state index contributed by atoms with van der Waals surface area (Å²) >= 11 is 2.51. The summed E-state index contributed by atoms with van der Waals surface area (Å²) in [6.45, 7) is 4.36. The van der Waals surface area contributed by atoms with Crippen LogP contribution >= 0.6 is 22.6 Å². The Labute approximate surface area is 66.2 Å². The summed E-state index contributed by atoms with van der Waals surface area (Å²) in [6.07, 6.45) is 6.20. The van der Waals surface area contributed by atoms with Crippen LogP contribution in [0.25, 0.3) is 0 Å². The van der Waals surface area contributed by atoms with Crippen molar-refractivity contribution in [2.75, 3.05) is 0 Å². The van der Waals surface area contributed by atoms with Gasteiger partial charge in [0.1, 0.15) is 0 Å². The van der Waals surface area contributed by atoms with E-state index in [1.54, 1.807) is 0 Å². The molecule has 0 heterocycles. The van der Waals surface area contributed by atoms with Crippen LogP contribution in [0, 0.1) is 6.42 Å². The van der Waals surface area contributed by atoms with Crippen molar-refractivity contribution >= 4 is 22.6 Å². The van der Waals surface area contributed by atoms with Gasteiger partial charge in [0, 0.05) is 3.92 Å². The Morgan fingerprint density at radius 1 is 1.62 bits per heavy atom. The minimum atomic E-state index is 0.877. The molecule has 0 aromatic carbocycles. The minimum Gasteiger partial charge on any atom is -0.0826 e. The summed E-state index contributed by atoms with van der Waals surface area (Å²) < 4.78 is 0.877. The third-order valence-corrected chi connectivity index (χ3v) is 2.22. The van der Waals surface area contributed by atoms with Crippen LogP contribution in [0.3, 0.4) is 0 Å². The highest BCUT2D eigenvalue weighted by Crippen LogP contribution is 2.13. The van der Waals surface area contributed by atoms with E-state index in [0.29, 0.717) is 0 Å². The maximum atomic E-state index is 2.51. The Balaban J connectivity index is 2.92. The third-order valence-electron chi connectivity index (χ3n) is 1.09. The number of hydrogen-bond donors (Lipinski definition) is 0. The summed E-state index contributed by atoms with van der Waals surface area (Å²) in [4.78, 5) is 0. The average molecular weight is 225 g/mol. The van der Waals surface area contributed by atoms with E-state index in [-0.39, 0.29) is 0 Å². The van der Waals surface area contributed by atoms with Gasteiger partial charge >= 0.3 is 0 Å². The van der Waals surface area contributed by atoms with Crippen LogP contribution in [-0.2, 0) is 0 Å². The molecule has 0 aliphatic heterocycles. The number of halogens is 1. The van der Waals surface area contributed by atoms with Gasteiger partial charge in [-0.05, 0) is 19.3 Å². The molecule has 49 valence electrons. The van der Waals surface area contributed by atoms with Crippen molar-refractivity contribution in [3.05, 3.63) is 6.42 Å². The predicted molar refractivity (Wildman–Crippen MR) is 47.3 cm³/mol. The monoisotopic (exact) mass is 225 g/mol. The molecule has 0 N–H and O–H groups in total. The zero-order valence-corrected chi connectivity index (χ0v) is 7.81. The van der Waals surface area contributed by atoms with E-state index in [0.717, 1.165) is 3.92 Å². The lowest BCUT2D eigenvalue weighted by molar-refractivity contribution is 0.749. The highest BCUT2D eigenvalue weighted by molar-refractivity contribution is 14.1. The van der Waals surface area contributed by atoms with E-state index in [2.05, 4.69) is 42.9 Å². The second kappa shape index (κ2) is 5.86. The molecular weight excluding hydrogens is 211 g/mol. The SMILES string of the molecule is C[CH]CC(I)CCC. The second-order valence-electron chi connectivity index (χ2n) is 2.03. The summed E-state index contributed by atoms with van der Waals surface area (Å²) in [6, 6.07) is 0. The maximum absolute atomic E-state index is 2.51. The van der Waals surface area contributed by atoms with Gasteiger partial charge in [-0.25, -0.2) is 0 Å².